The van der Waals surface area contributed by atoms with Crippen LogP contribution >= 0.6 is 0 Å². The van der Waals surface area contributed by atoms with E-state index < -0.39 is 34.6 Å². The molecule has 3 aliphatic rings. The summed E-state index contributed by atoms with van der Waals surface area (Å²) in [6.45, 7) is 2.01. The van der Waals surface area contributed by atoms with Gasteiger partial charge in [0.1, 0.15) is 23.4 Å². The van der Waals surface area contributed by atoms with E-state index in [-0.39, 0.29) is 35.6 Å². The molecule has 1 unspecified atom stereocenters. The summed E-state index contributed by atoms with van der Waals surface area (Å²) < 4.78 is 28.6. The fourth-order valence-electron chi connectivity index (χ4n) is 5.71. The number of benzene rings is 1. The van der Waals surface area contributed by atoms with E-state index in [0.717, 1.165) is 38.2 Å². The Morgan fingerprint density at radius 3 is 2.71 bits per heavy atom. The Balaban J connectivity index is 1.53. The summed E-state index contributed by atoms with van der Waals surface area (Å²) in [5, 5.41) is 15.3. The zero-order chi connectivity index (χ0) is 24.1. The topological polar surface area (TPSA) is 94.9 Å². The quantitative estimate of drug-likeness (QED) is 0.713. The van der Waals surface area contributed by atoms with Gasteiger partial charge in [-0.1, -0.05) is 12.5 Å². The van der Waals surface area contributed by atoms with Gasteiger partial charge in [0.2, 0.25) is 5.43 Å². The predicted molar refractivity (Wildman–Crippen MR) is 119 cm³/mol. The third-order valence-corrected chi connectivity index (χ3v) is 7.34. The average Bonchev–Trinajstić information content (AvgIpc) is 3.29. The predicted octanol–water partition coefficient (Wildman–Crippen LogP) is 2.46. The lowest BCUT2D eigenvalue weighted by atomic mass is 9.90. The van der Waals surface area contributed by atoms with E-state index in [2.05, 4.69) is 5.32 Å². The Bertz CT molecular complexity index is 1230. The molecule has 1 saturated carbocycles. The third-order valence-electron chi connectivity index (χ3n) is 7.34. The number of halogens is 2. The first kappa shape index (κ1) is 22.4. The van der Waals surface area contributed by atoms with Crippen LogP contribution in [0.25, 0.3) is 0 Å². The van der Waals surface area contributed by atoms with Crippen LogP contribution in [0.2, 0.25) is 0 Å². The SMILES string of the molecule is CCN1C(=O)c2c(O)c(=O)c(C(=O)NCc3ccc(F)cc3F)cn2N2C1CC[C@H]1CCC[C@H]12. The maximum atomic E-state index is 13.9. The van der Waals surface area contributed by atoms with Crippen molar-refractivity contribution in [1.82, 2.24) is 14.9 Å². The number of amides is 2. The van der Waals surface area contributed by atoms with E-state index in [1.807, 2.05) is 11.9 Å². The number of fused-ring (bicyclic) bond motifs is 5. The zero-order valence-electron chi connectivity index (χ0n) is 18.8. The van der Waals surface area contributed by atoms with E-state index in [0.29, 0.717) is 18.5 Å². The molecule has 1 aromatic carbocycles. The van der Waals surface area contributed by atoms with Gasteiger partial charge in [-0.3, -0.25) is 24.1 Å². The van der Waals surface area contributed by atoms with Crippen molar-refractivity contribution in [3.63, 3.8) is 0 Å². The Morgan fingerprint density at radius 1 is 1.18 bits per heavy atom. The van der Waals surface area contributed by atoms with E-state index in [9.17, 15) is 28.3 Å². The Morgan fingerprint density at radius 2 is 1.97 bits per heavy atom. The van der Waals surface area contributed by atoms with Gasteiger partial charge in [-0.05, 0) is 44.6 Å². The number of piperidine rings is 1. The number of aromatic hydroxyl groups is 1. The van der Waals surface area contributed by atoms with Crippen LogP contribution in [0.1, 0.15) is 65.4 Å². The number of hydrogen-bond acceptors (Lipinski definition) is 5. The molecule has 3 atom stereocenters. The second-order valence-electron chi connectivity index (χ2n) is 9.12. The van der Waals surface area contributed by atoms with Gasteiger partial charge < -0.3 is 15.3 Å². The summed E-state index contributed by atoms with van der Waals surface area (Å²) in [5.41, 5.74) is -1.40. The summed E-state index contributed by atoms with van der Waals surface area (Å²) in [6.07, 6.45) is 5.89. The molecule has 2 N–H and O–H groups in total. The highest BCUT2D eigenvalue weighted by molar-refractivity contribution is 5.99. The van der Waals surface area contributed by atoms with Crippen molar-refractivity contribution in [2.45, 2.75) is 57.8 Å². The first-order valence-electron chi connectivity index (χ1n) is 11.6. The molecule has 1 aliphatic carbocycles. The van der Waals surface area contributed by atoms with Gasteiger partial charge in [0.15, 0.2) is 11.4 Å². The van der Waals surface area contributed by atoms with Crippen LogP contribution < -0.4 is 15.8 Å². The van der Waals surface area contributed by atoms with Crippen LogP contribution in [0.5, 0.6) is 5.75 Å². The maximum absolute atomic E-state index is 13.9. The smallest absolute Gasteiger partial charge is 0.278 e. The molecule has 0 spiro atoms. The molecule has 3 heterocycles. The maximum Gasteiger partial charge on any atom is 0.278 e. The van der Waals surface area contributed by atoms with E-state index in [1.165, 1.54) is 16.9 Å². The monoisotopic (exact) mass is 472 g/mol. The fraction of sp³-hybridized carbons (Fsp3) is 0.458. The molecule has 2 fully saturated rings. The summed E-state index contributed by atoms with van der Waals surface area (Å²) in [4.78, 5) is 40.7. The highest BCUT2D eigenvalue weighted by Crippen LogP contribution is 2.41. The van der Waals surface area contributed by atoms with E-state index in [1.54, 1.807) is 4.90 Å². The molecule has 180 valence electrons. The minimum absolute atomic E-state index is 0.0516. The van der Waals surface area contributed by atoms with Crippen LogP contribution in [0.15, 0.2) is 29.2 Å². The molecule has 0 bridgehead atoms. The molecule has 0 radical (unpaired) electrons. The summed E-state index contributed by atoms with van der Waals surface area (Å²) in [5.74, 6) is -3.16. The minimum atomic E-state index is -0.967. The van der Waals surface area contributed by atoms with Gasteiger partial charge in [-0.2, -0.15) is 0 Å². The van der Waals surface area contributed by atoms with Crippen molar-refractivity contribution < 1.29 is 23.5 Å². The summed E-state index contributed by atoms with van der Waals surface area (Å²) >= 11 is 0. The third kappa shape index (κ3) is 3.43. The number of carbonyl (C=O) groups excluding carboxylic acids is 2. The second-order valence-corrected chi connectivity index (χ2v) is 9.12. The standard InChI is InChI=1S/C24H26F2N4O4/c1-2-28-19-9-7-13-4-3-5-18(13)30(19)29-12-16(21(31)22(32)20(29)24(28)34)23(33)27-11-14-6-8-15(25)10-17(14)26/h6,8,10,12-13,18-19,32H,2-5,7,9,11H2,1H3,(H,27,33)/t13-,18-,19?/m1/s1. The number of pyridine rings is 1. The Kier molecular flexibility index (Phi) is 5.53. The van der Waals surface area contributed by atoms with Gasteiger partial charge in [0, 0.05) is 30.9 Å². The number of nitrogens with zero attached hydrogens (tertiary/aromatic N) is 3. The lowest BCUT2D eigenvalue weighted by molar-refractivity contribution is 0.0453. The second kappa shape index (κ2) is 8.41. The van der Waals surface area contributed by atoms with E-state index >= 15 is 0 Å². The average molecular weight is 472 g/mol. The fourth-order valence-corrected chi connectivity index (χ4v) is 5.71. The minimum Gasteiger partial charge on any atom is -0.502 e. The lowest BCUT2D eigenvalue weighted by Gasteiger charge is -2.53. The molecular weight excluding hydrogens is 446 g/mol. The summed E-state index contributed by atoms with van der Waals surface area (Å²) in [7, 11) is 0. The molecule has 2 amide bonds. The van der Waals surface area contributed by atoms with Crippen molar-refractivity contribution in [1.29, 1.82) is 0 Å². The molecule has 5 rings (SSSR count). The van der Waals surface area contributed by atoms with Crippen LogP contribution in [-0.4, -0.2) is 45.2 Å². The van der Waals surface area contributed by atoms with Gasteiger partial charge in [-0.15, -0.1) is 0 Å². The number of nitrogens with one attached hydrogen (secondary N) is 1. The number of carbonyl (C=O) groups is 2. The molecule has 34 heavy (non-hydrogen) atoms. The van der Waals surface area contributed by atoms with Gasteiger partial charge in [-0.25, -0.2) is 8.78 Å². The lowest BCUT2D eigenvalue weighted by Crippen LogP contribution is -2.67. The van der Waals surface area contributed by atoms with Crippen LogP contribution in [-0.2, 0) is 6.54 Å². The largest absolute Gasteiger partial charge is 0.502 e. The molecule has 2 aliphatic heterocycles. The van der Waals surface area contributed by atoms with Crippen molar-refractivity contribution >= 4 is 11.8 Å². The van der Waals surface area contributed by atoms with Crippen LogP contribution in [0.3, 0.4) is 0 Å². The first-order valence-corrected chi connectivity index (χ1v) is 11.6. The molecule has 1 saturated heterocycles. The summed E-state index contributed by atoms with van der Waals surface area (Å²) in [6, 6.07) is 3.12. The van der Waals surface area contributed by atoms with Crippen molar-refractivity contribution in [2.75, 3.05) is 11.6 Å². The molecular formula is C24H26F2N4O4. The number of aromatic nitrogens is 1. The highest BCUT2D eigenvalue weighted by Gasteiger charge is 2.48. The van der Waals surface area contributed by atoms with Crippen molar-refractivity contribution in [3.8, 4) is 5.75 Å². The molecule has 2 aromatic rings. The molecule has 10 heteroatoms. The first-order chi connectivity index (χ1) is 16.3. The molecule has 1 aromatic heterocycles. The Labute approximate surface area is 194 Å². The van der Waals surface area contributed by atoms with Gasteiger partial charge in [0.25, 0.3) is 11.8 Å². The van der Waals surface area contributed by atoms with Crippen molar-refractivity contribution in [2.24, 2.45) is 5.92 Å². The zero-order valence-corrected chi connectivity index (χ0v) is 18.8. The normalized spacial score (nSPS) is 23.4. The number of hydrogen-bond donors (Lipinski definition) is 2. The highest BCUT2D eigenvalue weighted by atomic mass is 19.1. The van der Waals surface area contributed by atoms with Crippen molar-refractivity contribution in [3.05, 3.63) is 63.1 Å². The molecule has 8 nitrogen and oxygen atoms in total. The van der Waals surface area contributed by atoms with Gasteiger partial charge in [0.05, 0.1) is 6.04 Å². The number of rotatable bonds is 4. The van der Waals surface area contributed by atoms with E-state index in [4.69, 9.17) is 0 Å². The van der Waals surface area contributed by atoms with Crippen LogP contribution in [0, 0.1) is 17.6 Å². The Hall–Kier alpha value is -3.43. The van der Waals surface area contributed by atoms with Crippen LogP contribution in [0.4, 0.5) is 8.78 Å². The van der Waals surface area contributed by atoms with Gasteiger partial charge >= 0.3 is 0 Å².